The molecule has 0 saturated heterocycles. The molecule has 1 atom stereocenters. The van der Waals surface area contributed by atoms with E-state index in [-0.39, 0.29) is 21.8 Å². The Balaban J connectivity index is 2.81. The van der Waals surface area contributed by atoms with Crippen LogP contribution in [-0.4, -0.2) is 11.0 Å². The molecular weight excluding hydrogens is 287 g/mol. The van der Waals surface area contributed by atoms with Crippen molar-refractivity contribution in [3.8, 4) is 0 Å². The summed E-state index contributed by atoms with van der Waals surface area (Å²) in [4.78, 5) is 10.2. The first-order valence-electron chi connectivity index (χ1n) is 6.21. The molecule has 0 saturated carbocycles. The minimum absolute atomic E-state index is 0.101. The molecule has 106 valence electrons. The molecule has 0 heterocycles. The Kier molecular flexibility index (Phi) is 5.88. The van der Waals surface area contributed by atoms with Gasteiger partial charge in [-0.3, -0.25) is 10.1 Å². The molecule has 1 rings (SSSR count). The number of non-ortho nitro benzene ring substituents is 1. The smallest absolute Gasteiger partial charge is 0.272 e. The van der Waals surface area contributed by atoms with Gasteiger partial charge in [0.2, 0.25) is 0 Å². The number of nitro benzene ring substituents is 1. The molecule has 4 nitrogen and oxygen atoms in total. The molecule has 0 amide bonds. The van der Waals surface area contributed by atoms with Gasteiger partial charge in [0.15, 0.2) is 0 Å². The Morgan fingerprint density at radius 3 is 2.16 bits per heavy atom. The van der Waals surface area contributed by atoms with Crippen molar-refractivity contribution in [2.45, 2.75) is 39.7 Å². The van der Waals surface area contributed by atoms with Gasteiger partial charge >= 0.3 is 0 Å². The highest BCUT2D eigenvalue weighted by atomic mass is 35.5. The molecule has 19 heavy (non-hydrogen) atoms. The van der Waals surface area contributed by atoms with Crippen LogP contribution >= 0.6 is 23.2 Å². The van der Waals surface area contributed by atoms with Crippen molar-refractivity contribution < 1.29 is 4.92 Å². The Bertz CT molecular complexity index is 441. The number of nitro groups is 1. The zero-order valence-electron chi connectivity index (χ0n) is 11.2. The maximum Gasteiger partial charge on any atom is 0.272 e. The first kappa shape index (κ1) is 16.1. The summed E-state index contributed by atoms with van der Waals surface area (Å²) in [5.41, 5.74) is 0.459. The van der Waals surface area contributed by atoms with Gasteiger partial charge in [0.05, 0.1) is 20.7 Å². The van der Waals surface area contributed by atoms with Gasteiger partial charge in [0.25, 0.3) is 5.69 Å². The number of nitrogens with zero attached hydrogens (tertiary/aromatic N) is 1. The summed E-state index contributed by atoms with van der Waals surface area (Å²) >= 11 is 12.1. The Morgan fingerprint density at radius 1 is 1.21 bits per heavy atom. The highest BCUT2D eigenvalue weighted by molar-refractivity contribution is 6.39. The quantitative estimate of drug-likeness (QED) is 0.585. The van der Waals surface area contributed by atoms with Crippen LogP contribution in [0.15, 0.2) is 12.1 Å². The predicted molar refractivity (Wildman–Crippen MR) is 80.3 cm³/mol. The lowest BCUT2D eigenvalue weighted by Gasteiger charge is -2.18. The summed E-state index contributed by atoms with van der Waals surface area (Å²) in [7, 11) is 0. The molecule has 0 aliphatic heterocycles. The molecule has 1 N–H and O–H groups in total. The minimum atomic E-state index is -0.510. The van der Waals surface area contributed by atoms with E-state index in [9.17, 15) is 10.1 Å². The minimum Gasteiger partial charge on any atom is -0.380 e. The third-order valence-electron chi connectivity index (χ3n) is 2.81. The van der Waals surface area contributed by atoms with E-state index in [2.05, 4.69) is 19.2 Å². The molecule has 1 unspecified atom stereocenters. The molecule has 0 spiro atoms. The van der Waals surface area contributed by atoms with Crippen molar-refractivity contribution >= 4 is 34.6 Å². The first-order chi connectivity index (χ1) is 8.81. The van der Waals surface area contributed by atoms with Gasteiger partial charge in [-0.15, -0.1) is 0 Å². The molecular formula is C13H18Cl2N2O2. The molecule has 1 aromatic carbocycles. The largest absolute Gasteiger partial charge is 0.380 e. The van der Waals surface area contributed by atoms with Crippen molar-refractivity contribution in [2.75, 3.05) is 5.32 Å². The molecule has 0 bridgehead atoms. The van der Waals surface area contributed by atoms with E-state index < -0.39 is 4.92 Å². The van der Waals surface area contributed by atoms with Gasteiger partial charge in [0, 0.05) is 18.2 Å². The van der Waals surface area contributed by atoms with Crippen LogP contribution in [0.2, 0.25) is 10.0 Å². The van der Waals surface area contributed by atoms with Crippen LogP contribution in [0.4, 0.5) is 11.4 Å². The van der Waals surface area contributed by atoms with Crippen molar-refractivity contribution in [3.05, 3.63) is 32.3 Å². The van der Waals surface area contributed by atoms with E-state index in [0.29, 0.717) is 11.6 Å². The van der Waals surface area contributed by atoms with E-state index in [1.807, 2.05) is 6.92 Å². The fourth-order valence-corrected chi connectivity index (χ4v) is 2.29. The van der Waals surface area contributed by atoms with Gasteiger partial charge in [-0.25, -0.2) is 0 Å². The number of nitrogens with one attached hydrogen (secondary N) is 1. The van der Waals surface area contributed by atoms with Crippen molar-refractivity contribution in [2.24, 2.45) is 5.92 Å². The molecule has 0 aliphatic carbocycles. The third-order valence-corrected chi connectivity index (χ3v) is 3.40. The Labute approximate surface area is 123 Å². The van der Waals surface area contributed by atoms with Gasteiger partial charge < -0.3 is 5.32 Å². The fraction of sp³-hybridized carbons (Fsp3) is 0.538. The predicted octanol–water partition coefficient (Wildman–Crippen LogP) is 5.14. The molecule has 1 aromatic rings. The first-order valence-corrected chi connectivity index (χ1v) is 6.96. The van der Waals surface area contributed by atoms with Crippen LogP contribution < -0.4 is 5.32 Å². The molecule has 6 heteroatoms. The number of hydrogen-bond donors (Lipinski definition) is 1. The van der Waals surface area contributed by atoms with E-state index in [4.69, 9.17) is 23.2 Å². The van der Waals surface area contributed by atoms with Gasteiger partial charge in [-0.2, -0.15) is 0 Å². The number of halogens is 2. The summed E-state index contributed by atoms with van der Waals surface area (Å²) in [6, 6.07) is 2.83. The molecule has 0 aromatic heterocycles. The van der Waals surface area contributed by atoms with Crippen LogP contribution in [0.1, 0.15) is 33.6 Å². The third kappa shape index (κ3) is 4.88. The summed E-state index contributed by atoms with van der Waals surface area (Å²) in [5, 5.41) is 14.4. The van der Waals surface area contributed by atoms with E-state index in [1.54, 1.807) is 0 Å². The van der Waals surface area contributed by atoms with Crippen LogP contribution in [0.5, 0.6) is 0 Å². The highest BCUT2D eigenvalue weighted by Crippen LogP contribution is 2.35. The molecule has 0 radical (unpaired) electrons. The zero-order valence-corrected chi connectivity index (χ0v) is 12.8. The molecule has 0 aliphatic rings. The second kappa shape index (κ2) is 6.96. The van der Waals surface area contributed by atoms with Crippen LogP contribution in [0.25, 0.3) is 0 Å². The van der Waals surface area contributed by atoms with Crippen molar-refractivity contribution in [1.29, 1.82) is 0 Å². The zero-order chi connectivity index (χ0) is 14.6. The summed E-state index contributed by atoms with van der Waals surface area (Å²) in [6.07, 6.45) is 2.08. The SMILES string of the molecule is CC(C)CCC(C)Nc1c(Cl)cc([N+](=O)[O-])cc1Cl. The van der Waals surface area contributed by atoms with Crippen molar-refractivity contribution in [3.63, 3.8) is 0 Å². The van der Waals surface area contributed by atoms with Gasteiger partial charge in [-0.05, 0) is 25.7 Å². The van der Waals surface area contributed by atoms with Gasteiger partial charge in [0.1, 0.15) is 0 Å². The van der Waals surface area contributed by atoms with Gasteiger partial charge in [-0.1, -0.05) is 37.0 Å². The Morgan fingerprint density at radius 2 is 1.74 bits per heavy atom. The summed E-state index contributed by atoms with van der Waals surface area (Å²) in [6.45, 7) is 6.37. The number of rotatable bonds is 6. The summed E-state index contributed by atoms with van der Waals surface area (Å²) in [5.74, 6) is 0.632. The molecule has 0 fully saturated rings. The monoisotopic (exact) mass is 304 g/mol. The summed E-state index contributed by atoms with van der Waals surface area (Å²) < 4.78 is 0. The Hall–Kier alpha value is -1.00. The van der Waals surface area contributed by atoms with E-state index >= 15 is 0 Å². The van der Waals surface area contributed by atoms with Crippen LogP contribution in [0.3, 0.4) is 0 Å². The lowest BCUT2D eigenvalue weighted by molar-refractivity contribution is -0.384. The number of benzene rings is 1. The second-order valence-electron chi connectivity index (χ2n) is 5.06. The fourth-order valence-electron chi connectivity index (χ4n) is 1.70. The highest BCUT2D eigenvalue weighted by Gasteiger charge is 2.16. The van der Waals surface area contributed by atoms with Crippen LogP contribution in [0, 0.1) is 16.0 Å². The second-order valence-corrected chi connectivity index (χ2v) is 5.87. The maximum atomic E-state index is 10.7. The lowest BCUT2D eigenvalue weighted by atomic mass is 10.0. The number of anilines is 1. The lowest BCUT2D eigenvalue weighted by Crippen LogP contribution is -2.16. The average Bonchev–Trinajstić information content (AvgIpc) is 2.30. The normalized spacial score (nSPS) is 12.5. The standard InChI is InChI=1S/C13H18Cl2N2O2/c1-8(2)4-5-9(3)16-13-11(14)6-10(17(18)19)7-12(13)15/h6-9,16H,4-5H2,1-3H3. The maximum absolute atomic E-state index is 10.7. The topological polar surface area (TPSA) is 55.2 Å². The average molecular weight is 305 g/mol. The van der Waals surface area contributed by atoms with Crippen molar-refractivity contribution in [1.82, 2.24) is 0 Å². The van der Waals surface area contributed by atoms with E-state index in [1.165, 1.54) is 12.1 Å². The van der Waals surface area contributed by atoms with E-state index in [0.717, 1.165) is 12.8 Å². The number of hydrogen-bond acceptors (Lipinski definition) is 3. The van der Waals surface area contributed by atoms with Crippen LogP contribution in [-0.2, 0) is 0 Å².